The highest BCUT2D eigenvalue weighted by Crippen LogP contribution is 2.36. The Morgan fingerprint density at radius 1 is 1.11 bits per heavy atom. The predicted octanol–water partition coefficient (Wildman–Crippen LogP) is 2.44. The van der Waals surface area contributed by atoms with Crippen LogP contribution in [0, 0.1) is 6.92 Å². The SMILES string of the molecule is COCc1cccc(C)c1B1OC(C)(C)C(C)(C)O1. The van der Waals surface area contributed by atoms with Gasteiger partial charge in [-0.25, -0.2) is 0 Å². The van der Waals surface area contributed by atoms with Crippen molar-refractivity contribution in [3.8, 4) is 0 Å². The maximum absolute atomic E-state index is 6.14. The standard InChI is InChI=1S/C15H23BO3/c1-11-8-7-9-12(10-17-6)13(11)16-18-14(2,3)15(4,5)19-16/h7-9H,10H2,1-6H3. The van der Waals surface area contributed by atoms with Crippen LogP contribution in [0.2, 0.25) is 0 Å². The Kier molecular flexibility index (Phi) is 3.78. The molecule has 4 heteroatoms. The summed E-state index contributed by atoms with van der Waals surface area (Å²) in [6.45, 7) is 10.9. The van der Waals surface area contributed by atoms with E-state index in [0.717, 1.165) is 11.0 Å². The zero-order valence-corrected chi connectivity index (χ0v) is 12.7. The molecule has 0 aliphatic carbocycles. The van der Waals surface area contributed by atoms with Gasteiger partial charge in [-0.15, -0.1) is 0 Å². The molecule has 3 nitrogen and oxygen atoms in total. The third kappa shape index (κ3) is 2.57. The van der Waals surface area contributed by atoms with E-state index in [4.69, 9.17) is 14.0 Å². The number of methoxy groups -OCH3 is 1. The Morgan fingerprint density at radius 2 is 1.68 bits per heavy atom. The van der Waals surface area contributed by atoms with Gasteiger partial charge in [-0.1, -0.05) is 23.8 Å². The zero-order chi connectivity index (χ0) is 14.3. The smallest absolute Gasteiger partial charge is 0.399 e. The van der Waals surface area contributed by atoms with Gasteiger partial charge in [0.25, 0.3) is 0 Å². The number of benzene rings is 1. The molecule has 0 atom stereocenters. The van der Waals surface area contributed by atoms with Crippen LogP contribution >= 0.6 is 0 Å². The lowest BCUT2D eigenvalue weighted by atomic mass is 9.73. The van der Waals surface area contributed by atoms with E-state index in [0.29, 0.717) is 6.61 Å². The van der Waals surface area contributed by atoms with Gasteiger partial charge in [0.2, 0.25) is 0 Å². The topological polar surface area (TPSA) is 27.7 Å². The summed E-state index contributed by atoms with van der Waals surface area (Å²) >= 11 is 0. The van der Waals surface area contributed by atoms with Gasteiger partial charge in [0, 0.05) is 7.11 Å². The molecule has 104 valence electrons. The van der Waals surface area contributed by atoms with E-state index in [2.05, 4.69) is 46.8 Å². The number of rotatable bonds is 3. The van der Waals surface area contributed by atoms with Crippen LogP contribution in [0.1, 0.15) is 38.8 Å². The summed E-state index contributed by atoms with van der Waals surface area (Å²) in [7, 11) is 1.38. The zero-order valence-electron chi connectivity index (χ0n) is 12.7. The van der Waals surface area contributed by atoms with Gasteiger partial charge in [0.1, 0.15) is 0 Å². The molecule has 0 N–H and O–H groups in total. The van der Waals surface area contributed by atoms with E-state index < -0.39 is 0 Å². The molecule has 1 aliphatic rings. The number of hydrogen-bond donors (Lipinski definition) is 0. The van der Waals surface area contributed by atoms with Gasteiger partial charge >= 0.3 is 7.12 Å². The van der Waals surface area contributed by atoms with Crippen molar-refractivity contribution in [2.75, 3.05) is 7.11 Å². The molecular weight excluding hydrogens is 239 g/mol. The van der Waals surface area contributed by atoms with Gasteiger partial charge in [-0.2, -0.15) is 0 Å². The molecule has 1 aromatic carbocycles. The predicted molar refractivity (Wildman–Crippen MR) is 77.6 cm³/mol. The molecule has 0 radical (unpaired) electrons. The lowest BCUT2D eigenvalue weighted by Crippen LogP contribution is -2.41. The minimum absolute atomic E-state index is 0.315. The molecule has 1 aliphatic heterocycles. The molecule has 0 spiro atoms. The fraction of sp³-hybridized carbons (Fsp3) is 0.600. The second kappa shape index (κ2) is 4.93. The third-order valence-corrected chi connectivity index (χ3v) is 4.20. The third-order valence-electron chi connectivity index (χ3n) is 4.20. The maximum atomic E-state index is 6.14. The fourth-order valence-electron chi connectivity index (χ4n) is 2.32. The molecule has 0 bridgehead atoms. The summed E-state index contributed by atoms with van der Waals surface area (Å²) in [4.78, 5) is 0. The van der Waals surface area contributed by atoms with E-state index in [1.165, 1.54) is 5.56 Å². The number of hydrogen-bond acceptors (Lipinski definition) is 3. The van der Waals surface area contributed by atoms with Gasteiger partial charge < -0.3 is 14.0 Å². The van der Waals surface area contributed by atoms with Crippen molar-refractivity contribution < 1.29 is 14.0 Å². The molecule has 0 aromatic heterocycles. The Labute approximate surface area is 116 Å². The van der Waals surface area contributed by atoms with Crippen LogP contribution in [0.15, 0.2) is 18.2 Å². The van der Waals surface area contributed by atoms with Crippen LogP contribution in [0.4, 0.5) is 0 Å². The minimum Gasteiger partial charge on any atom is -0.399 e. The van der Waals surface area contributed by atoms with Crippen LogP contribution in [-0.2, 0) is 20.7 Å². The maximum Gasteiger partial charge on any atom is 0.495 e. The van der Waals surface area contributed by atoms with E-state index >= 15 is 0 Å². The average Bonchev–Trinajstić information content (AvgIpc) is 2.48. The molecule has 0 amide bonds. The highest BCUT2D eigenvalue weighted by Gasteiger charge is 2.52. The Hall–Kier alpha value is -0.835. The first-order valence-corrected chi connectivity index (χ1v) is 6.71. The molecule has 1 aromatic rings. The monoisotopic (exact) mass is 262 g/mol. The van der Waals surface area contributed by atoms with Crippen LogP contribution < -0.4 is 5.46 Å². The minimum atomic E-state index is -0.323. The van der Waals surface area contributed by atoms with E-state index in [1.807, 2.05) is 6.07 Å². The van der Waals surface area contributed by atoms with Crippen molar-refractivity contribution in [1.29, 1.82) is 0 Å². The van der Waals surface area contributed by atoms with Crippen LogP contribution in [-0.4, -0.2) is 25.4 Å². The molecular formula is C15H23BO3. The summed E-state index contributed by atoms with van der Waals surface area (Å²) in [6, 6.07) is 6.19. The summed E-state index contributed by atoms with van der Waals surface area (Å²) in [5.74, 6) is 0. The quantitative estimate of drug-likeness (QED) is 0.783. The van der Waals surface area contributed by atoms with Crippen LogP contribution in [0.5, 0.6) is 0 Å². The number of aryl methyl sites for hydroxylation is 1. The summed E-state index contributed by atoms with van der Waals surface area (Å²) in [6.07, 6.45) is 0. The van der Waals surface area contributed by atoms with Crippen LogP contribution in [0.3, 0.4) is 0 Å². The molecule has 0 saturated carbocycles. The van der Waals surface area contributed by atoms with Gasteiger partial charge in [0.15, 0.2) is 0 Å². The van der Waals surface area contributed by atoms with Crippen molar-refractivity contribution >= 4 is 12.6 Å². The first kappa shape index (κ1) is 14.6. The molecule has 19 heavy (non-hydrogen) atoms. The van der Waals surface area contributed by atoms with Crippen molar-refractivity contribution in [1.82, 2.24) is 0 Å². The molecule has 1 heterocycles. The van der Waals surface area contributed by atoms with Gasteiger partial charge in [-0.3, -0.25) is 0 Å². The average molecular weight is 262 g/mol. The summed E-state index contributed by atoms with van der Waals surface area (Å²) in [5.41, 5.74) is 2.77. The van der Waals surface area contributed by atoms with Gasteiger partial charge in [-0.05, 0) is 45.6 Å². The lowest BCUT2D eigenvalue weighted by Gasteiger charge is -2.32. The lowest BCUT2D eigenvalue weighted by molar-refractivity contribution is 0.00578. The van der Waals surface area contributed by atoms with E-state index in [9.17, 15) is 0 Å². The Morgan fingerprint density at radius 3 is 2.21 bits per heavy atom. The van der Waals surface area contributed by atoms with E-state index in [-0.39, 0.29) is 18.3 Å². The molecule has 2 rings (SSSR count). The highest BCUT2D eigenvalue weighted by atomic mass is 16.7. The Bertz CT molecular complexity index is 452. The van der Waals surface area contributed by atoms with Crippen molar-refractivity contribution in [2.24, 2.45) is 0 Å². The first-order chi connectivity index (χ1) is 8.78. The second-order valence-electron chi connectivity index (χ2n) is 6.17. The largest absolute Gasteiger partial charge is 0.495 e. The Balaban J connectivity index is 2.39. The summed E-state index contributed by atoms with van der Waals surface area (Å²) in [5, 5.41) is 0. The van der Waals surface area contributed by atoms with Crippen molar-refractivity contribution in [2.45, 2.75) is 52.4 Å². The first-order valence-electron chi connectivity index (χ1n) is 6.71. The summed E-state index contributed by atoms with van der Waals surface area (Å²) < 4.78 is 17.6. The van der Waals surface area contributed by atoms with E-state index in [1.54, 1.807) is 7.11 Å². The highest BCUT2D eigenvalue weighted by molar-refractivity contribution is 6.63. The second-order valence-corrected chi connectivity index (χ2v) is 6.17. The van der Waals surface area contributed by atoms with Crippen molar-refractivity contribution in [3.63, 3.8) is 0 Å². The number of ether oxygens (including phenoxy) is 1. The van der Waals surface area contributed by atoms with Crippen molar-refractivity contribution in [3.05, 3.63) is 29.3 Å². The molecule has 1 saturated heterocycles. The molecule has 0 unspecified atom stereocenters. The molecule has 1 fully saturated rings. The normalized spacial score (nSPS) is 20.8. The van der Waals surface area contributed by atoms with Crippen LogP contribution in [0.25, 0.3) is 0 Å². The fourth-order valence-corrected chi connectivity index (χ4v) is 2.32. The van der Waals surface area contributed by atoms with Gasteiger partial charge in [0.05, 0.1) is 17.8 Å².